The minimum atomic E-state index is 0.323. The Bertz CT molecular complexity index is 354. The third-order valence-corrected chi connectivity index (χ3v) is 3.03. The number of ether oxygens (including phenoxy) is 1. The lowest BCUT2D eigenvalue weighted by Crippen LogP contribution is -2.45. The summed E-state index contributed by atoms with van der Waals surface area (Å²) in [7, 11) is 0. The van der Waals surface area contributed by atoms with Crippen molar-refractivity contribution in [2.75, 3.05) is 31.6 Å². The molecule has 0 radical (unpaired) electrons. The average Bonchev–Trinajstić information content (AvgIpc) is 2.32. The van der Waals surface area contributed by atoms with E-state index in [9.17, 15) is 0 Å². The zero-order valence-corrected chi connectivity index (χ0v) is 10.3. The maximum absolute atomic E-state index is 6.04. The second-order valence-corrected chi connectivity index (χ2v) is 4.57. The summed E-state index contributed by atoms with van der Waals surface area (Å²) < 4.78 is 5.36. The molecular formula is C11H14Cl2N2O. The van der Waals surface area contributed by atoms with Gasteiger partial charge in [-0.1, -0.05) is 23.2 Å². The van der Waals surface area contributed by atoms with Crippen molar-refractivity contribution in [2.45, 2.75) is 6.04 Å². The van der Waals surface area contributed by atoms with Crippen molar-refractivity contribution < 1.29 is 4.74 Å². The first-order valence-corrected chi connectivity index (χ1v) is 6.01. The van der Waals surface area contributed by atoms with Crippen molar-refractivity contribution in [1.82, 2.24) is 5.32 Å². The molecule has 1 aromatic carbocycles. The van der Waals surface area contributed by atoms with Crippen molar-refractivity contribution in [2.24, 2.45) is 0 Å². The van der Waals surface area contributed by atoms with Crippen molar-refractivity contribution in [3.05, 3.63) is 28.2 Å². The zero-order valence-electron chi connectivity index (χ0n) is 8.80. The molecule has 0 aromatic heterocycles. The van der Waals surface area contributed by atoms with Crippen LogP contribution in [-0.2, 0) is 4.74 Å². The van der Waals surface area contributed by atoms with E-state index in [-0.39, 0.29) is 0 Å². The lowest BCUT2D eigenvalue weighted by Gasteiger charge is -2.24. The fraction of sp³-hybridized carbons (Fsp3) is 0.455. The summed E-state index contributed by atoms with van der Waals surface area (Å²) in [4.78, 5) is 0. The van der Waals surface area contributed by atoms with E-state index < -0.39 is 0 Å². The van der Waals surface area contributed by atoms with Crippen LogP contribution in [0.25, 0.3) is 0 Å². The molecule has 0 amide bonds. The van der Waals surface area contributed by atoms with Crippen LogP contribution in [0.3, 0.4) is 0 Å². The molecule has 2 N–H and O–H groups in total. The van der Waals surface area contributed by atoms with Gasteiger partial charge in [-0.25, -0.2) is 0 Å². The predicted octanol–water partition coefficient (Wildman–Crippen LogP) is 2.39. The van der Waals surface area contributed by atoms with E-state index in [2.05, 4.69) is 10.6 Å². The van der Waals surface area contributed by atoms with Gasteiger partial charge in [0.2, 0.25) is 0 Å². The highest BCUT2D eigenvalue weighted by Crippen LogP contribution is 2.25. The summed E-state index contributed by atoms with van der Waals surface area (Å²) in [6.07, 6.45) is 0. The Morgan fingerprint density at radius 2 is 2.31 bits per heavy atom. The van der Waals surface area contributed by atoms with Crippen LogP contribution in [0.1, 0.15) is 0 Å². The number of nitrogens with one attached hydrogen (secondary N) is 2. The molecule has 1 unspecified atom stereocenters. The predicted molar refractivity (Wildman–Crippen MR) is 67.6 cm³/mol. The fourth-order valence-corrected chi connectivity index (χ4v) is 1.97. The van der Waals surface area contributed by atoms with Crippen LogP contribution < -0.4 is 10.6 Å². The van der Waals surface area contributed by atoms with Crippen molar-refractivity contribution in [3.8, 4) is 0 Å². The number of morpholine rings is 1. The van der Waals surface area contributed by atoms with Gasteiger partial charge in [0, 0.05) is 24.2 Å². The van der Waals surface area contributed by atoms with E-state index in [4.69, 9.17) is 27.9 Å². The van der Waals surface area contributed by atoms with Gasteiger partial charge < -0.3 is 15.4 Å². The third-order valence-electron chi connectivity index (χ3n) is 2.47. The normalized spacial score (nSPS) is 20.8. The molecule has 0 bridgehead atoms. The SMILES string of the molecule is Clc1ccc(Cl)c(NCC2COCCN2)c1. The Kier molecular flexibility index (Phi) is 4.29. The quantitative estimate of drug-likeness (QED) is 0.876. The number of hydrogen-bond acceptors (Lipinski definition) is 3. The Hall–Kier alpha value is -0.480. The summed E-state index contributed by atoms with van der Waals surface area (Å²) in [5.74, 6) is 0. The van der Waals surface area contributed by atoms with Gasteiger partial charge >= 0.3 is 0 Å². The molecule has 1 fully saturated rings. The van der Waals surface area contributed by atoms with Crippen LogP contribution in [0, 0.1) is 0 Å². The molecule has 1 atom stereocenters. The lowest BCUT2D eigenvalue weighted by molar-refractivity contribution is 0.0806. The first-order chi connectivity index (χ1) is 7.75. The second-order valence-electron chi connectivity index (χ2n) is 3.73. The molecule has 1 saturated heterocycles. The van der Waals surface area contributed by atoms with Crippen LogP contribution in [0.2, 0.25) is 10.0 Å². The number of benzene rings is 1. The Balaban J connectivity index is 1.90. The third kappa shape index (κ3) is 3.25. The van der Waals surface area contributed by atoms with E-state index >= 15 is 0 Å². The first kappa shape index (κ1) is 12.0. The highest BCUT2D eigenvalue weighted by Gasteiger charge is 2.12. The van der Waals surface area contributed by atoms with Crippen LogP contribution in [0.15, 0.2) is 18.2 Å². The van der Waals surface area contributed by atoms with Gasteiger partial charge in [0.1, 0.15) is 0 Å². The van der Waals surface area contributed by atoms with E-state index in [1.54, 1.807) is 12.1 Å². The standard InChI is InChI=1S/C11H14Cl2N2O/c12-8-1-2-10(13)11(5-8)15-6-9-7-16-4-3-14-9/h1-2,5,9,14-15H,3-4,6-7H2. The molecule has 0 aliphatic carbocycles. The minimum Gasteiger partial charge on any atom is -0.382 e. The summed E-state index contributed by atoms with van der Waals surface area (Å²) in [5.41, 5.74) is 0.863. The van der Waals surface area contributed by atoms with Crippen LogP contribution in [-0.4, -0.2) is 32.3 Å². The summed E-state index contributed by atoms with van der Waals surface area (Å²) in [6, 6.07) is 5.71. The molecule has 5 heteroatoms. The van der Waals surface area contributed by atoms with Gasteiger partial charge in [-0.15, -0.1) is 0 Å². The smallest absolute Gasteiger partial charge is 0.0638 e. The molecule has 2 rings (SSSR count). The molecule has 1 aliphatic heterocycles. The minimum absolute atomic E-state index is 0.323. The molecule has 0 saturated carbocycles. The molecule has 16 heavy (non-hydrogen) atoms. The van der Waals surface area contributed by atoms with Gasteiger partial charge in [0.15, 0.2) is 0 Å². The van der Waals surface area contributed by atoms with Crippen molar-refractivity contribution >= 4 is 28.9 Å². The largest absolute Gasteiger partial charge is 0.382 e. The summed E-state index contributed by atoms with van der Waals surface area (Å²) in [5, 5.41) is 7.99. The van der Waals surface area contributed by atoms with Crippen LogP contribution in [0.4, 0.5) is 5.69 Å². The number of rotatable bonds is 3. The molecule has 1 heterocycles. The molecule has 88 valence electrons. The van der Waals surface area contributed by atoms with Gasteiger partial charge in [-0.05, 0) is 18.2 Å². The summed E-state index contributed by atoms with van der Waals surface area (Å²) >= 11 is 11.9. The number of hydrogen-bond donors (Lipinski definition) is 2. The Labute approximate surface area is 105 Å². The van der Waals surface area contributed by atoms with Crippen LogP contribution >= 0.6 is 23.2 Å². The van der Waals surface area contributed by atoms with Crippen LogP contribution in [0.5, 0.6) is 0 Å². The van der Waals surface area contributed by atoms with Crippen molar-refractivity contribution in [1.29, 1.82) is 0 Å². The van der Waals surface area contributed by atoms with Gasteiger partial charge in [-0.3, -0.25) is 0 Å². The van der Waals surface area contributed by atoms with Gasteiger partial charge in [0.05, 0.1) is 23.9 Å². The Morgan fingerprint density at radius 3 is 3.06 bits per heavy atom. The highest BCUT2D eigenvalue weighted by molar-refractivity contribution is 6.35. The fourth-order valence-electron chi connectivity index (χ4n) is 1.62. The molecule has 1 aliphatic rings. The van der Waals surface area contributed by atoms with Gasteiger partial charge in [-0.2, -0.15) is 0 Å². The topological polar surface area (TPSA) is 33.3 Å². The maximum atomic E-state index is 6.04. The monoisotopic (exact) mass is 260 g/mol. The van der Waals surface area contributed by atoms with Crippen molar-refractivity contribution in [3.63, 3.8) is 0 Å². The maximum Gasteiger partial charge on any atom is 0.0638 e. The van der Waals surface area contributed by atoms with E-state index in [0.717, 1.165) is 32.0 Å². The second kappa shape index (κ2) is 5.73. The summed E-state index contributed by atoms with van der Waals surface area (Å²) in [6.45, 7) is 3.19. The van der Waals surface area contributed by atoms with E-state index in [1.165, 1.54) is 0 Å². The molecule has 1 aromatic rings. The first-order valence-electron chi connectivity index (χ1n) is 5.26. The lowest BCUT2D eigenvalue weighted by atomic mass is 10.2. The van der Waals surface area contributed by atoms with Gasteiger partial charge in [0.25, 0.3) is 0 Å². The zero-order chi connectivity index (χ0) is 11.4. The molecule has 0 spiro atoms. The Morgan fingerprint density at radius 1 is 1.44 bits per heavy atom. The number of halogens is 2. The number of anilines is 1. The highest BCUT2D eigenvalue weighted by atomic mass is 35.5. The molecular weight excluding hydrogens is 247 g/mol. The molecule has 3 nitrogen and oxygen atoms in total. The average molecular weight is 261 g/mol. The van der Waals surface area contributed by atoms with E-state index in [1.807, 2.05) is 6.07 Å². The van der Waals surface area contributed by atoms with E-state index in [0.29, 0.717) is 16.1 Å².